The number of carbonyl (C=O) groups is 4. The van der Waals surface area contributed by atoms with Crippen molar-refractivity contribution in [3.05, 3.63) is 58.6 Å². The van der Waals surface area contributed by atoms with Crippen LogP contribution in [0.3, 0.4) is 0 Å². The number of ether oxygens (including phenoxy) is 2. The molecule has 0 unspecified atom stereocenters. The van der Waals surface area contributed by atoms with Gasteiger partial charge in [0.2, 0.25) is 17.7 Å². The minimum atomic E-state index is -1.34. The third kappa shape index (κ3) is 6.10. The Morgan fingerprint density at radius 1 is 1.02 bits per heavy atom. The molecule has 3 amide bonds. The zero-order chi connectivity index (χ0) is 31.4. The Hall–Kier alpha value is -3.02. The summed E-state index contributed by atoms with van der Waals surface area (Å²) in [5.74, 6) is -3.31. The second-order valence-corrected chi connectivity index (χ2v) is 13.0. The van der Waals surface area contributed by atoms with E-state index in [1.165, 1.54) is 0 Å². The lowest BCUT2D eigenvalue weighted by molar-refractivity contribution is -0.161. The summed E-state index contributed by atoms with van der Waals surface area (Å²) in [5.41, 5.74) is -0.632. The first-order chi connectivity index (χ1) is 21.2. The molecule has 4 aliphatic heterocycles. The largest absolute Gasteiger partial charge is 0.455 e. The smallest absolute Gasteiger partial charge is 0.313 e. The number of hydrogen-bond acceptors (Lipinski definition) is 7. The molecule has 1 aromatic rings. The maximum atomic E-state index is 14.5. The number of aliphatic hydroxyl groups is 1. The van der Waals surface area contributed by atoms with E-state index in [-0.39, 0.29) is 37.3 Å². The maximum absolute atomic E-state index is 14.5. The number of esters is 1. The summed E-state index contributed by atoms with van der Waals surface area (Å²) >= 11 is 3.59. The molecular formula is C33H42BrN3O7. The van der Waals surface area contributed by atoms with Gasteiger partial charge in [-0.15, -0.1) is 0 Å². The highest BCUT2D eigenvalue weighted by Gasteiger charge is 2.74. The molecule has 7 atom stereocenters. The van der Waals surface area contributed by atoms with Gasteiger partial charge in [-0.3, -0.25) is 19.2 Å². The Morgan fingerprint density at radius 3 is 2.52 bits per heavy atom. The Labute approximate surface area is 266 Å². The topological polar surface area (TPSA) is 125 Å². The molecule has 0 aromatic heterocycles. The highest BCUT2D eigenvalue weighted by Crippen LogP contribution is 2.59. The van der Waals surface area contributed by atoms with E-state index in [1.54, 1.807) is 22.8 Å². The van der Waals surface area contributed by atoms with E-state index >= 15 is 0 Å². The first-order valence-electron chi connectivity index (χ1n) is 15.7. The standard InChI is InChI=1S/C33H42BrN3O7/c1-3-4-16-36-17-10-6-9-15-24(39)35-21(2)27(22-13-7-5-8-14-22)43-32(42)25-26-30(40)37(18-11-12-19-38)29(31(36)41)33(26)20-23(34)28(25)44-33/h5-8,10,13-14,20-21,25-29,38H,3-4,9,11-12,15-19H2,1-2H3,(H,35,39)/b10-6-/t21-,25+,26-,27+,28+,29+,33-/m0/s1. The second kappa shape index (κ2) is 14.0. The number of nitrogens with zero attached hydrogens (tertiary/aromatic N) is 2. The number of carbonyl (C=O) groups excluding carboxylic acids is 4. The van der Waals surface area contributed by atoms with E-state index in [9.17, 15) is 24.3 Å². The van der Waals surface area contributed by atoms with Crippen LogP contribution in [-0.4, -0.2) is 88.6 Å². The zero-order valence-corrected chi connectivity index (χ0v) is 26.9. The predicted molar refractivity (Wildman–Crippen MR) is 166 cm³/mol. The van der Waals surface area contributed by atoms with Crippen molar-refractivity contribution in [2.24, 2.45) is 11.8 Å². The summed E-state index contributed by atoms with van der Waals surface area (Å²) < 4.78 is 13.4. The number of unbranched alkanes of at least 4 members (excludes halogenated alkanes) is 2. The summed E-state index contributed by atoms with van der Waals surface area (Å²) in [6.07, 6.45) is 7.36. The summed E-state index contributed by atoms with van der Waals surface area (Å²) in [7, 11) is 0. The van der Waals surface area contributed by atoms with Crippen LogP contribution in [0.25, 0.3) is 0 Å². The number of fused-ring (bicyclic) bond motifs is 2. The van der Waals surface area contributed by atoms with E-state index in [2.05, 4.69) is 28.2 Å². The Balaban J connectivity index is 1.58. The average Bonchev–Trinajstić information content (AvgIpc) is 3.60. The van der Waals surface area contributed by atoms with Crippen molar-refractivity contribution in [2.75, 3.05) is 26.2 Å². The fourth-order valence-corrected chi connectivity index (χ4v) is 7.69. The lowest BCUT2D eigenvalue weighted by Gasteiger charge is -2.36. The Kier molecular flexibility index (Phi) is 10.3. The van der Waals surface area contributed by atoms with Crippen molar-refractivity contribution in [3.8, 4) is 0 Å². The molecule has 4 aliphatic rings. The number of likely N-dealkylation sites (tertiary alicyclic amines) is 1. The van der Waals surface area contributed by atoms with Gasteiger partial charge in [-0.2, -0.15) is 0 Å². The van der Waals surface area contributed by atoms with Crippen LogP contribution < -0.4 is 5.32 Å². The van der Waals surface area contributed by atoms with Gasteiger partial charge in [-0.1, -0.05) is 71.8 Å². The van der Waals surface area contributed by atoms with Gasteiger partial charge in [0.15, 0.2) is 0 Å². The summed E-state index contributed by atoms with van der Waals surface area (Å²) in [6, 6.07) is 7.69. The van der Waals surface area contributed by atoms with Gasteiger partial charge in [0.05, 0.1) is 12.0 Å². The number of rotatable bonds is 8. The fourth-order valence-electron chi connectivity index (χ4n) is 6.95. The van der Waals surface area contributed by atoms with E-state index in [4.69, 9.17) is 9.47 Å². The molecule has 0 saturated carbocycles. The zero-order valence-electron chi connectivity index (χ0n) is 25.3. The molecule has 1 spiro atoms. The molecule has 10 nitrogen and oxygen atoms in total. The van der Waals surface area contributed by atoms with E-state index in [0.29, 0.717) is 42.4 Å². The molecule has 0 aliphatic carbocycles. The summed E-state index contributed by atoms with van der Waals surface area (Å²) in [6.45, 7) is 4.88. The number of cyclic esters (lactones) is 1. The monoisotopic (exact) mass is 671 g/mol. The van der Waals surface area contributed by atoms with Gasteiger partial charge in [-0.25, -0.2) is 0 Å². The third-order valence-electron chi connectivity index (χ3n) is 9.08. The Bertz CT molecular complexity index is 1300. The van der Waals surface area contributed by atoms with Gasteiger partial charge in [0.25, 0.3) is 0 Å². The van der Waals surface area contributed by atoms with Crippen molar-refractivity contribution >= 4 is 39.6 Å². The van der Waals surface area contributed by atoms with E-state index in [0.717, 1.165) is 12.8 Å². The van der Waals surface area contributed by atoms with Crippen molar-refractivity contribution in [1.29, 1.82) is 0 Å². The van der Waals surface area contributed by atoms with Crippen LogP contribution in [-0.2, 0) is 28.7 Å². The lowest BCUT2D eigenvalue weighted by Crippen LogP contribution is -2.56. The molecule has 4 heterocycles. The number of nitrogens with one attached hydrogen (secondary N) is 1. The molecule has 0 radical (unpaired) electrons. The van der Waals surface area contributed by atoms with Crippen LogP contribution in [0.5, 0.6) is 0 Å². The summed E-state index contributed by atoms with van der Waals surface area (Å²) in [4.78, 5) is 59.1. The van der Waals surface area contributed by atoms with Crippen LogP contribution in [0.15, 0.2) is 53.0 Å². The summed E-state index contributed by atoms with van der Waals surface area (Å²) in [5, 5.41) is 12.4. The number of aliphatic hydroxyl groups excluding tert-OH is 1. The highest BCUT2D eigenvalue weighted by molar-refractivity contribution is 9.11. The van der Waals surface area contributed by atoms with Crippen molar-refractivity contribution in [3.63, 3.8) is 0 Å². The number of allylic oxidation sites excluding steroid dienone is 1. The van der Waals surface area contributed by atoms with Gasteiger partial charge in [0.1, 0.15) is 29.8 Å². The highest BCUT2D eigenvalue weighted by atomic mass is 79.9. The van der Waals surface area contributed by atoms with E-state index in [1.807, 2.05) is 42.5 Å². The van der Waals surface area contributed by atoms with Gasteiger partial charge >= 0.3 is 5.97 Å². The Morgan fingerprint density at radius 2 is 1.80 bits per heavy atom. The quantitative estimate of drug-likeness (QED) is 0.247. The molecule has 44 heavy (non-hydrogen) atoms. The predicted octanol–water partition coefficient (Wildman–Crippen LogP) is 3.40. The van der Waals surface area contributed by atoms with Crippen LogP contribution >= 0.6 is 15.9 Å². The fraction of sp³-hybridized carbons (Fsp3) is 0.576. The van der Waals surface area contributed by atoms with Crippen LogP contribution in [0, 0.1) is 11.8 Å². The number of hydrogen-bond donors (Lipinski definition) is 2. The molecule has 11 heteroatoms. The van der Waals surface area contributed by atoms with Gasteiger partial charge in [0, 0.05) is 37.1 Å². The first-order valence-corrected chi connectivity index (χ1v) is 16.5. The van der Waals surface area contributed by atoms with E-state index < -0.39 is 47.7 Å². The third-order valence-corrected chi connectivity index (χ3v) is 9.76. The second-order valence-electron chi connectivity index (χ2n) is 12.1. The van der Waals surface area contributed by atoms with Crippen molar-refractivity contribution in [2.45, 2.75) is 82.3 Å². The average molecular weight is 673 g/mol. The number of amides is 3. The molecule has 2 N–H and O–H groups in total. The molecular weight excluding hydrogens is 630 g/mol. The molecule has 2 saturated heterocycles. The minimum Gasteiger partial charge on any atom is -0.455 e. The van der Waals surface area contributed by atoms with Gasteiger partial charge < -0.3 is 29.7 Å². The molecule has 5 rings (SSSR count). The molecule has 238 valence electrons. The molecule has 5 bridgehead atoms. The SMILES string of the molecule is CCCCN1C/C=C\CCC(=O)N[C@@H](C)[C@H](c2ccccc2)OC(=O)[C@H]2[C@@H]3O[C@@]4(C=C3Br)[C@@H]2C(=O)N(CCCCO)[C@@H]4C1=O. The molecule has 1 aromatic carbocycles. The maximum Gasteiger partial charge on any atom is 0.313 e. The van der Waals surface area contributed by atoms with Gasteiger partial charge in [-0.05, 0) is 44.2 Å². The minimum absolute atomic E-state index is 0.0305. The van der Waals surface area contributed by atoms with Crippen LogP contribution in [0.1, 0.15) is 64.0 Å². The first kappa shape index (κ1) is 32.4. The molecule has 2 fully saturated rings. The van der Waals surface area contributed by atoms with Crippen molar-refractivity contribution < 1.29 is 33.8 Å². The lowest BCUT2D eigenvalue weighted by atomic mass is 9.74. The van der Waals surface area contributed by atoms with Crippen molar-refractivity contribution in [1.82, 2.24) is 15.1 Å². The number of halogens is 1. The number of benzene rings is 1. The van der Waals surface area contributed by atoms with Crippen LogP contribution in [0.2, 0.25) is 0 Å². The normalized spacial score (nSPS) is 33.2. The van der Waals surface area contributed by atoms with Crippen LogP contribution in [0.4, 0.5) is 0 Å².